The average molecular weight is 286 g/mol. The minimum Gasteiger partial charge on any atom is -0.444 e. The van der Waals surface area contributed by atoms with Gasteiger partial charge in [-0.3, -0.25) is 5.32 Å². The van der Waals surface area contributed by atoms with Crippen LogP contribution >= 0.6 is 11.8 Å². The van der Waals surface area contributed by atoms with Crippen molar-refractivity contribution >= 4 is 17.9 Å². The number of ether oxygens (including phenoxy) is 1. The molecule has 2 rings (SSSR count). The minimum absolute atomic E-state index is 0.0484. The van der Waals surface area contributed by atoms with Crippen LogP contribution in [0.15, 0.2) is 0 Å². The van der Waals surface area contributed by atoms with Crippen LogP contribution in [-0.4, -0.2) is 46.3 Å². The number of thioether (sulfide) groups is 1. The molecule has 0 saturated carbocycles. The second kappa shape index (κ2) is 5.52. The highest BCUT2D eigenvalue weighted by atomic mass is 32.2. The van der Waals surface area contributed by atoms with Crippen molar-refractivity contribution in [1.82, 2.24) is 10.2 Å². The maximum atomic E-state index is 12.2. The third-order valence-corrected chi connectivity index (χ3v) is 4.99. The van der Waals surface area contributed by atoms with Crippen molar-refractivity contribution < 1.29 is 9.53 Å². The molecule has 0 aromatic rings. The molecular formula is C14H26N2O2S. The van der Waals surface area contributed by atoms with E-state index in [2.05, 4.69) is 12.2 Å². The predicted molar refractivity (Wildman–Crippen MR) is 79.4 cm³/mol. The molecule has 0 aromatic heterocycles. The lowest BCUT2D eigenvalue weighted by Crippen LogP contribution is -2.60. The van der Waals surface area contributed by atoms with E-state index in [1.165, 1.54) is 12.2 Å². The van der Waals surface area contributed by atoms with E-state index in [1.54, 1.807) is 0 Å². The number of amides is 1. The second-order valence-electron chi connectivity index (χ2n) is 6.68. The highest BCUT2D eigenvalue weighted by Gasteiger charge is 2.41. The third-order valence-electron chi connectivity index (χ3n) is 3.55. The van der Waals surface area contributed by atoms with Gasteiger partial charge in [0.1, 0.15) is 5.60 Å². The van der Waals surface area contributed by atoms with Crippen LogP contribution in [0.25, 0.3) is 0 Å². The summed E-state index contributed by atoms with van der Waals surface area (Å²) in [5.41, 5.74) is -0.415. The molecular weight excluding hydrogens is 260 g/mol. The van der Waals surface area contributed by atoms with E-state index in [0.717, 1.165) is 25.9 Å². The van der Waals surface area contributed by atoms with Crippen molar-refractivity contribution in [2.45, 2.75) is 63.5 Å². The van der Waals surface area contributed by atoms with Gasteiger partial charge >= 0.3 is 6.09 Å². The van der Waals surface area contributed by atoms with E-state index in [1.807, 2.05) is 37.4 Å². The van der Waals surface area contributed by atoms with Crippen molar-refractivity contribution in [3.05, 3.63) is 0 Å². The van der Waals surface area contributed by atoms with Crippen molar-refractivity contribution in [2.75, 3.05) is 18.8 Å². The molecule has 1 spiro atoms. The zero-order valence-electron chi connectivity index (χ0n) is 12.5. The Bertz CT molecular complexity index is 339. The van der Waals surface area contributed by atoms with Gasteiger partial charge in [-0.25, -0.2) is 4.79 Å². The fourth-order valence-corrected chi connectivity index (χ4v) is 4.42. The molecule has 2 atom stereocenters. The molecule has 0 aliphatic carbocycles. The molecule has 4 nitrogen and oxygen atoms in total. The summed E-state index contributed by atoms with van der Waals surface area (Å²) in [7, 11) is 0. The molecule has 2 aliphatic heterocycles. The number of rotatable bonds is 0. The number of nitrogens with zero attached hydrogens (tertiary/aromatic N) is 1. The topological polar surface area (TPSA) is 41.6 Å². The molecule has 19 heavy (non-hydrogen) atoms. The molecule has 1 N–H and O–H groups in total. The average Bonchev–Trinajstić information content (AvgIpc) is 2.26. The Balaban J connectivity index is 1.98. The lowest BCUT2D eigenvalue weighted by Gasteiger charge is -2.47. The van der Waals surface area contributed by atoms with Gasteiger partial charge in [0.2, 0.25) is 0 Å². The Labute approximate surface area is 120 Å². The number of nitrogens with one attached hydrogen (secondary N) is 1. The normalized spacial score (nSPS) is 32.4. The van der Waals surface area contributed by atoms with Crippen molar-refractivity contribution in [1.29, 1.82) is 0 Å². The quantitative estimate of drug-likeness (QED) is 0.743. The Morgan fingerprint density at radius 3 is 2.84 bits per heavy atom. The van der Waals surface area contributed by atoms with E-state index in [4.69, 9.17) is 4.74 Å². The highest BCUT2D eigenvalue weighted by molar-refractivity contribution is 8.00. The van der Waals surface area contributed by atoms with E-state index >= 15 is 0 Å². The zero-order valence-corrected chi connectivity index (χ0v) is 13.3. The molecule has 2 saturated heterocycles. The fourth-order valence-electron chi connectivity index (χ4n) is 2.73. The van der Waals surface area contributed by atoms with Crippen LogP contribution in [0.2, 0.25) is 0 Å². The predicted octanol–water partition coefficient (Wildman–Crippen LogP) is 2.83. The number of hydrogen-bond acceptors (Lipinski definition) is 4. The number of carbonyl (C=O) groups is 1. The van der Waals surface area contributed by atoms with Gasteiger partial charge in [0.05, 0.1) is 11.4 Å². The van der Waals surface area contributed by atoms with Crippen molar-refractivity contribution in [2.24, 2.45) is 0 Å². The van der Waals surface area contributed by atoms with Crippen LogP contribution < -0.4 is 5.32 Å². The number of carbonyl (C=O) groups excluding carboxylic acids is 1. The van der Waals surface area contributed by atoms with Crippen LogP contribution in [0.1, 0.15) is 47.0 Å². The van der Waals surface area contributed by atoms with E-state index in [9.17, 15) is 4.79 Å². The van der Waals surface area contributed by atoms with Gasteiger partial charge in [0.15, 0.2) is 0 Å². The van der Waals surface area contributed by atoms with Crippen LogP contribution in [0.5, 0.6) is 0 Å². The first-order chi connectivity index (χ1) is 8.80. The molecule has 2 heterocycles. The lowest BCUT2D eigenvalue weighted by atomic mass is 10.0. The molecule has 1 amide bonds. The Kier molecular flexibility index (Phi) is 4.35. The van der Waals surface area contributed by atoms with Crippen LogP contribution in [0.4, 0.5) is 4.79 Å². The minimum atomic E-state index is -0.415. The first-order valence-electron chi connectivity index (χ1n) is 7.19. The number of likely N-dealkylation sites (tertiary alicyclic amines) is 1. The fraction of sp³-hybridized carbons (Fsp3) is 0.929. The van der Waals surface area contributed by atoms with E-state index in [0.29, 0.717) is 6.04 Å². The van der Waals surface area contributed by atoms with E-state index in [-0.39, 0.29) is 11.0 Å². The Morgan fingerprint density at radius 1 is 1.47 bits per heavy atom. The molecule has 0 bridgehead atoms. The summed E-state index contributed by atoms with van der Waals surface area (Å²) in [6.07, 6.45) is 3.22. The molecule has 0 aromatic carbocycles. The number of piperidine rings is 1. The monoisotopic (exact) mass is 286 g/mol. The molecule has 2 aliphatic rings. The third kappa shape index (κ3) is 4.02. The molecule has 2 unspecified atom stereocenters. The molecule has 0 radical (unpaired) electrons. The van der Waals surface area contributed by atoms with Crippen LogP contribution in [0, 0.1) is 0 Å². The molecule has 110 valence electrons. The summed E-state index contributed by atoms with van der Waals surface area (Å²) < 4.78 is 5.49. The summed E-state index contributed by atoms with van der Waals surface area (Å²) in [6, 6.07) is 0.542. The van der Waals surface area contributed by atoms with Crippen LogP contribution in [0.3, 0.4) is 0 Å². The zero-order chi connectivity index (χ0) is 14.1. The second-order valence-corrected chi connectivity index (χ2v) is 8.16. The molecule has 5 heteroatoms. The van der Waals surface area contributed by atoms with Gasteiger partial charge in [-0.05, 0) is 52.7 Å². The standard InChI is InChI=1S/C14H26N2O2S/c1-11-6-9-19-14(15-11)7-5-8-16(10-14)12(17)18-13(2,3)4/h11,15H,5-10H2,1-4H3. The van der Waals surface area contributed by atoms with Crippen molar-refractivity contribution in [3.63, 3.8) is 0 Å². The van der Waals surface area contributed by atoms with Crippen molar-refractivity contribution in [3.8, 4) is 0 Å². The largest absolute Gasteiger partial charge is 0.444 e. The summed E-state index contributed by atoms with van der Waals surface area (Å²) in [4.78, 5) is 14.1. The Morgan fingerprint density at radius 2 is 2.21 bits per heavy atom. The highest BCUT2D eigenvalue weighted by Crippen LogP contribution is 2.37. The summed E-state index contributed by atoms with van der Waals surface area (Å²) in [6.45, 7) is 9.55. The maximum absolute atomic E-state index is 12.2. The van der Waals surface area contributed by atoms with Gasteiger partial charge in [0, 0.05) is 12.6 Å². The van der Waals surface area contributed by atoms with Gasteiger partial charge in [-0.15, -0.1) is 11.8 Å². The lowest BCUT2D eigenvalue weighted by molar-refractivity contribution is 0.0164. The SMILES string of the molecule is CC1CCSC2(CCCN(C(=O)OC(C)(C)C)C2)N1. The smallest absolute Gasteiger partial charge is 0.410 e. The van der Waals surface area contributed by atoms with Gasteiger partial charge in [0.25, 0.3) is 0 Å². The first-order valence-corrected chi connectivity index (χ1v) is 8.18. The van der Waals surface area contributed by atoms with Gasteiger partial charge in [-0.2, -0.15) is 0 Å². The Hall–Kier alpha value is -0.420. The first kappa shape index (κ1) is 15.0. The summed E-state index contributed by atoms with van der Waals surface area (Å²) in [5, 5.41) is 3.69. The summed E-state index contributed by atoms with van der Waals surface area (Å²) in [5.74, 6) is 1.18. The number of hydrogen-bond donors (Lipinski definition) is 1. The molecule has 2 fully saturated rings. The van der Waals surface area contributed by atoms with Gasteiger partial charge in [-0.1, -0.05) is 0 Å². The van der Waals surface area contributed by atoms with Gasteiger partial charge < -0.3 is 9.64 Å². The summed E-state index contributed by atoms with van der Waals surface area (Å²) >= 11 is 1.97. The van der Waals surface area contributed by atoms with Crippen LogP contribution in [-0.2, 0) is 4.74 Å². The maximum Gasteiger partial charge on any atom is 0.410 e. The van der Waals surface area contributed by atoms with E-state index < -0.39 is 5.60 Å².